The minimum Gasteiger partial charge on any atom is -0.352 e. The molecule has 3 heterocycles. The molecule has 2 fully saturated rings. The normalized spacial score (nSPS) is 22.6. The molecule has 2 aliphatic rings. The highest BCUT2D eigenvalue weighted by molar-refractivity contribution is 5.89. The molecule has 0 spiro atoms. The molecule has 3 rings (SSSR count). The number of carbonyl (C=O) groups is 2. The first-order valence-electron chi connectivity index (χ1n) is 7.96. The maximum absolute atomic E-state index is 12.2. The number of aromatic nitrogens is 1. The number of amides is 2. The van der Waals surface area contributed by atoms with E-state index in [0.717, 1.165) is 18.7 Å². The summed E-state index contributed by atoms with van der Waals surface area (Å²) in [5.74, 6) is -0.154. The third kappa shape index (κ3) is 3.76. The number of rotatable bonds is 5. The fourth-order valence-corrected chi connectivity index (χ4v) is 3.10. The predicted molar refractivity (Wildman–Crippen MR) is 87.4 cm³/mol. The quantitative estimate of drug-likeness (QED) is 0.853. The summed E-state index contributed by atoms with van der Waals surface area (Å²) >= 11 is 0. The summed E-state index contributed by atoms with van der Waals surface area (Å²) in [6.07, 6.45) is 7.63. The highest BCUT2D eigenvalue weighted by Gasteiger charge is 2.41. The molecule has 1 atom stereocenters. The second-order valence-corrected chi connectivity index (χ2v) is 6.26. The Morgan fingerprint density at radius 2 is 2.26 bits per heavy atom. The summed E-state index contributed by atoms with van der Waals surface area (Å²) in [6.45, 7) is 2.84. The van der Waals surface area contributed by atoms with Gasteiger partial charge in [-0.25, -0.2) is 0 Å². The largest absolute Gasteiger partial charge is 0.352 e. The van der Waals surface area contributed by atoms with Crippen molar-refractivity contribution < 1.29 is 9.59 Å². The van der Waals surface area contributed by atoms with Gasteiger partial charge >= 0.3 is 0 Å². The van der Waals surface area contributed by atoms with E-state index in [1.54, 1.807) is 12.4 Å². The van der Waals surface area contributed by atoms with Crippen LogP contribution in [0.1, 0.15) is 12.0 Å². The van der Waals surface area contributed by atoms with Crippen molar-refractivity contribution in [3.8, 4) is 0 Å². The third-order valence-electron chi connectivity index (χ3n) is 4.40. The van der Waals surface area contributed by atoms with Gasteiger partial charge in [0.2, 0.25) is 11.8 Å². The molecular weight excluding hydrogens is 292 g/mol. The molecule has 0 radical (unpaired) electrons. The Morgan fingerprint density at radius 3 is 2.96 bits per heavy atom. The van der Waals surface area contributed by atoms with Gasteiger partial charge in [0.1, 0.15) is 0 Å². The number of hydrogen-bond donors (Lipinski definition) is 1. The fraction of sp³-hybridized carbons (Fsp3) is 0.471. The standard InChI is InChI=1S/C17H22N4O2/c1-20-11-15(12-20)21-10-14(8-16(21)22)17(23)19-7-3-5-13-4-2-6-18-9-13/h2-6,9,14-15H,7-8,10-12H2,1H3,(H,19,23). The van der Waals surface area contributed by atoms with Crippen molar-refractivity contribution in [1.29, 1.82) is 0 Å². The summed E-state index contributed by atoms with van der Waals surface area (Å²) in [5, 5.41) is 2.88. The van der Waals surface area contributed by atoms with E-state index in [4.69, 9.17) is 0 Å². The molecule has 1 N–H and O–H groups in total. The summed E-state index contributed by atoms with van der Waals surface area (Å²) < 4.78 is 0. The van der Waals surface area contributed by atoms with Crippen molar-refractivity contribution in [1.82, 2.24) is 20.1 Å². The van der Waals surface area contributed by atoms with Crippen LogP contribution in [0.2, 0.25) is 0 Å². The van der Waals surface area contributed by atoms with Crippen molar-refractivity contribution in [2.24, 2.45) is 5.92 Å². The van der Waals surface area contributed by atoms with E-state index in [0.29, 0.717) is 19.5 Å². The Balaban J connectivity index is 1.44. The molecule has 122 valence electrons. The van der Waals surface area contributed by atoms with Crippen LogP contribution in [0.3, 0.4) is 0 Å². The molecule has 1 unspecified atom stereocenters. The van der Waals surface area contributed by atoms with Crippen LogP contribution in [0.15, 0.2) is 30.6 Å². The molecule has 0 saturated carbocycles. The number of likely N-dealkylation sites (N-methyl/N-ethyl adjacent to an activating group) is 1. The monoisotopic (exact) mass is 314 g/mol. The second kappa shape index (κ2) is 6.91. The molecule has 0 bridgehead atoms. The van der Waals surface area contributed by atoms with Crippen LogP contribution >= 0.6 is 0 Å². The zero-order valence-electron chi connectivity index (χ0n) is 13.3. The molecule has 6 heteroatoms. The van der Waals surface area contributed by atoms with Gasteiger partial charge in [-0.05, 0) is 18.7 Å². The summed E-state index contributed by atoms with van der Waals surface area (Å²) in [4.78, 5) is 32.3. The van der Waals surface area contributed by atoms with E-state index < -0.39 is 0 Å². The molecule has 23 heavy (non-hydrogen) atoms. The van der Waals surface area contributed by atoms with E-state index in [9.17, 15) is 9.59 Å². The number of nitrogens with zero attached hydrogens (tertiary/aromatic N) is 3. The van der Waals surface area contributed by atoms with Crippen LogP contribution < -0.4 is 5.32 Å². The average molecular weight is 314 g/mol. The smallest absolute Gasteiger partial charge is 0.225 e. The SMILES string of the molecule is CN1CC(N2CC(C(=O)NCC=Cc3cccnc3)CC2=O)C1. The number of hydrogen-bond acceptors (Lipinski definition) is 4. The van der Waals surface area contributed by atoms with Gasteiger partial charge in [0.25, 0.3) is 0 Å². The number of nitrogens with one attached hydrogen (secondary N) is 1. The Labute approximate surface area is 136 Å². The first kappa shape index (κ1) is 15.7. The van der Waals surface area contributed by atoms with Crippen LogP contribution in [0.4, 0.5) is 0 Å². The first-order chi connectivity index (χ1) is 11.1. The Bertz CT molecular complexity index is 596. The lowest BCUT2D eigenvalue weighted by molar-refractivity contribution is -0.132. The van der Waals surface area contributed by atoms with Gasteiger partial charge < -0.3 is 15.1 Å². The van der Waals surface area contributed by atoms with Crippen LogP contribution in [0, 0.1) is 5.92 Å². The van der Waals surface area contributed by atoms with Gasteiger partial charge in [0.05, 0.1) is 12.0 Å². The third-order valence-corrected chi connectivity index (χ3v) is 4.40. The molecule has 2 saturated heterocycles. The molecule has 1 aromatic heterocycles. The molecule has 2 amide bonds. The minimum atomic E-state index is -0.222. The van der Waals surface area contributed by atoms with Crippen molar-refractivity contribution in [3.05, 3.63) is 36.2 Å². The molecule has 0 aliphatic carbocycles. The maximum Gasteiger partial charge on any atom is 0.225 e. The first-order valence-corrected chi connectivity index (χ1v) is 7.96. The molecule has 6 nitrogen and oxygen atoms in total. The van der Waals surface area contributed by atoms with Crippen molar-refractivity contribution in [2.45, 2.75) is 12.5 Å². The van der Waals surface area contributed by atoms with Crippen LogP contribution in [-0.4, -0.2) is 65.9 Å². The lowest BCUT2D eigenvalue weighted by Crippen LogP contribution is -2.58. The van der Waals surface area contributed by atoms with E-state index in [1.165, 1.54) is 0 Å². The lowest BCUT2D eigenvalue weighted by atomic mass is 10.1. The van der Waals surface area contributed by atoms with E-state index in [2.05, 4.69) is 15.2 Å². The second-order valence-electron chi connectivity index (χ2n) is 6.26. The highest BCUT2D eigenvalue weighted by atomic mass is 16.2. The van der Waals surface area contributed by atoms with Crippen LogP contribution in [-0.2, 0) is 9.59 Å². The van der Waals surface area contributed by atoms with E-state index in [-0.39, 0.29) is 23.8 Å². The van der Waals surface area contributed by atoms with Crippen molar-refractivity contribution >= 4 is 17.9 Å². The van der Waals surface area contributed by atoms with E-state index in [1.807, 2.05) is 36.2 Å². The van der Waals surface area contributed by atoms with Crippen molar-refractivity contribution in [2.75, 3.05) is 33.2 Å². The number of likely N-dealkylation sites (tertiary alicyclic amines) is 2. The van der Waals surface area contributed by atoms with Gasteiger partial charge in [0, 0.05) is 45.0 Å². The molecule has 2 aliphatic heterocycles. The van der Waals surface area contributed by atoms with Crippen LogP contribution in [0.5, 0.6) is 0 Å². The lowest BCUT2D eigenvalue weighted by Gasteiger charge is -2.42. The fourth-order valence-electron chi connectivity index (χ4n) is 3.10. The average Bonchev–Trinajstić information content (AvgIpc) is 2.91. The Kier molecular flexibility index (Phi) is 4.71. The van der Waals surface area contributed by atoms with E-state index >= 15 is 0 Å². The van der Waals surface area contributed by atoms with Crippen LogP contribution in [0.25, 0.3) is 6.08 Å². The minimum absolute atomic E-state index is 0.0376. The molecular formula is C17H22N4O2. The topological polar surface area (TPSA) is 65.5 Å². The summed E-state index contributed by atoms with van der Waals surface area (Å²) in [7, 11) is 2.04. The van der Waals surface area contributed by atoms with Gasteiger partial charge in [0.15, 0.2) is 0 Å². The van der Waals surface area contributed by atoms with Crippen molar-refractivity contribution in [3.63, 3.8) is 0 Å². The highest BCUT2D eigenvalue weighted by Crippen LogP contribution is 2.24. The Hall–Kier alpha value is -2.21. The predicted octanol–water partition coefficient (Wildman–Crippen LogP) is 0.373. The maximum atomic E-state index is 12.2. The number of carbonyl (C=O) groups excluding carboxylic acids is 2. The van der Waals surface area contributed by atoms with Gasteiger partial charge in [-0.1, -0.05) is 18.2 Å². The zero-order valence-corrected chi connectivity index (χ0v) is 13.3. The Morgan fingerprint density at radius 1 is 1.43 bits per heavy atom. The van der Waals surface area contributed by atoms with Gasteiger partial charge in [-0.3, -0.25) is 14.6 Å². The van der Waals surface area contributed by atoms with Gasteiger partial charge in [-0.15, -0.1) is 0 Å². The summed E-state index contributed by atoms with van der Waals surface area (Å²) in [5.41, 5.74) is 0.998. The molecule has 1 aromatic rings. The summed E-state index contributed by atoms with van der Waals surface area (Å²) in [6, 6.07) is 4.11. The molecule has 0 aromatic carbocycles. The van der Waals surface area contributed by atoms with Gasteiger partial charge in [-0.2, -0.15) is 0 Å². The number of pyridine rings is 1. The zero-order chi connectivity index (χ0) is 16.2.